The summed E-state index contributed by atoms with van der Waals surface area (Å²) in [6, 6.07) is 3.70. The molecule has 0 aromatic heterocycles. The molecular weight excluding hydrogens is 315 g/mol. The highest BCUT2D eigenvalue weighted by molar-refractivity contribution is 9.10. The first kappa shape index (κ1) is 15.4. The number of hydrogen-bond acceptors (Lipinski definition) is 2. The van der Waals surface area contributed by atoms with Gasteiger partial charge in [-0.15, -0.1) is 0 Å². The number of hydrogen-bond donors (Lipinski definition) is 1. The Kier molecular flexibility index (Phi) is 5.10. The highest BCUT2D eigenvalue weighted by atomic mass is 79.9. The van der Waals surface area contributed by atoms with Crippen LogP contribution in [0.1, 0.15) is 26.3 Å². The molecule has 0 heterocycles. The molecule has 0 amide bonds. The van der Waals surface area contributed by atoms with Gasteiger partial charge in [0.2, 0.25) is 0 Å². The molecule has 0 radical (unpaired) electrons. The summed E-state index contributed by atoms with van der Waals surface area (Å²) in [6.45, 7) is 6.29. The Balaban J connectivity index is 3.20. The van der Waals surface area contributed by atoms with E-state index in [0.717, 1.165) is 0 Å². The monoisotopic (exact) mass is 332 g/mol. The smallest absolute Gasteiger partial charge is 0.161 e. The molecule has 1 atom stereocenters. The molecule has 1 rings (SSSR count). The fourth-order valence-corrected chi connectivity index (χ4v) is 2.52. The van der Waals surface area contributed by atoms with E-state index in [2.05, 4.69) is 36.7 Å². The summed E-state index contributed by atoms with van der Waals surface area (Å²) in [7, 11) is 1.88. The third-order valence-corrected chi connectivity index (χ3v) is 4.28. The van der Waals surface area contributed by atoms with Gasteiger partial charge in [0.05, 0.1) is 10.2 Å². The summed E-state index contributed by atoms with van der Waals surface area (Å²) in [5, 5.41) is 0. The number of nitrogens with zero attached hydrogens (tertiary/aromatic N) is 1. The molecule has 1 aromatic rings. The van der Waals surface area contributed by atoms with Gasteiger partial charge in [-0.2, -0.15) is 0 Å². The van der Waals surface area contributed by atoms with Gasteiger partial charge in [-0.1, -0.05) is 26.1 Å². The quantitative estimate of drug-likeness (QED) is 0.852. The Morgan fingerprint density at radius 2 is 1.94 bits per heavy atom. The zero-order valence-corrected chi connectivity index (χ0v) is 13.4. The number of benzene rings is 1. The summed E-state index contributed by atoms with van der Waals surface area (Å²) < 4.78 is 14.6. The maximum absolute atomic E-state index is 14.3. The van der Waals surface area contributed by atoms with Crippen molar-refractivity contribution in [2.45, 2.75) is 26.8 Å². The molecule has 0 bridgehead atoms. The van der Waals surface area contributed by atoms with Gasteiger partial charge in [0.1, 0.15) is 4.99 Å². The van der Waals surface area contributed by atoms with Gasteiger partial charge in [0.25, 0.3) is 0 Å². The molecule has 0 saturated heterocycles. The van der Waals surface area contributed by atoms with Crippen molar-refractivity contribution >= 4 is 38.8 Å². The molecule has 0 spiro atoms. The lowest BCUT2D eigenvalue weighted by Crippen LogP contribution is -2.34. The van der Waals surface area contributed by atoms with Crippen LogP contribution in [0.15, 0.2) is 16.6 Å². The fourth-order valence-electron chi connectivity index (χ4n) is 1.67. The Morgan fingerprint density at radius 1 is 1.39 bits per heavy atom. The van der Waals surface area contributed by atoms with Crippen molar-refractivity contribution in [2.75, 3.05) is 11.9 Å². The molecule has 1 aromatic carbocycles. The SMILES string of the molecule is CC(C)C(C)N(C)c1ccc(C(N)=S)c(Br)c1F. The fraction of sp³-hybridized carbons (Fsp3) is 0.462. The summed E-state index contributed by atoms with van der Waals surface area (Å²) in [5.41, 5.74) is 6.61. The first-order valence-electron chi connectivity index (χ1n) is 5.78. The topological polar surface area (TPSA) is 29.3 Å². The van der Waals surface area contributed by atoms with Crippen LogP contribution in [-0.4, -0.2) is 18.1 Å². The molecule has 0 aliphatic heterocycles. The van der Waals surface area contributed by atoms with Crippen molar-refractivity contribution in [3.63, 3.8) is 0 Å². The lowest BCUT2D eigenvalue weighted by Gasteiger charge is -2.30. The lowest BCUT2D eigenvalue weighted by atomic mass is 10.0. The Morgan fingerprint density at radius 3 is 2.39 bits per heavy atom. The van der Waals surface area contributed by atoms with E-state index in [1.54, 1.807) is 12.1 Å². The normalized spacial score (nSPS) is 12.6. The lowest BCUT2D eigenvalue weighted by molar-refractivity contribution is 0.497. The first-order chi connectivity index (χ1) is 8.27. The average Bonchev–Trinajstić information content (AvgIpc) is 2.30. The van der Waals surface area contributed by atoms with Gasteiger partial charge < -0.3 is 10.6 Å². The molecule has 0 saturated carbocycles. The first-order valence-corrected chi connectivity index (χ1v) is 6.98. The van der Waals surface area contributed by atoms with Crippen molar-refractivity contribution in [2.24, 2.45) is 11.7 Å². The third-order valence-electron chi connectivity index (χ3n) is 3.28. The molecule has 5 heteroatoms. The highest BCUT2D eigenvalue weighted by Crippen LogP contribution is 2.30. The zero-order valence-electron chi connectivity index (χ0n) is 11.0. The van der Waals surface area contributed by atoms with E-state index in [9.17, 15) is 4.39 Å². The molecule has 2 nitrogen and oxygen atoms in total. The number of nitrogens with two attached hydrogens (primary N) is 1. The van der Waals surface area contributed by atoms with Crippen molar-refractivity contribution < 1.29 is 4.39 Å². The molecule has 0 aliphatic rings. The predicted molar refractivity (Wildman–Crippen MR) is 82.7 cm³/mol. The second kappa shape index (κ2) is 5.97. The van der Waals surface area contributed by atoms with Gasteiger partial charge >= 0.3 is 0 Å². The van der Waals surface area contributed by atoms with E-state index >= 15 is 0 Å². The van der Waals surface area contributed by atoms with E-state index in [4.69, 9.17) is 18.0 Å². The number of anilines is 1. The van der Waals surface area contributed by atoms with Crippen molar-refractivity contribution in [1.82, 2.24) is 0 Å². The van der Waals surface area contributed by atoms with E-state index < -0.39 is 0 Å². The van der Waals surface area contributed by atoms with Crippen LogP contribution in [0.25, 0.3) is 0 Å². The molecule has 1 unspecified atom stereocenters. The van der Waals surface area contributed by atoms with E-state index in [-0.39, 0.29) is 16.8 Å². The van der Waals surface area contributed by atoms with Gasteiger partial charge in [-0.25, -0.2) is 4.39 Å². The second-order valence-corrected chi connectivity index (χ2v) is 5.95. The predicted octanol–water partition coefficient (Wildman–Crippen LogP) is 3.70. The van der Waals surface area contributed by atoms with E-state index in [1.165, 1.54) is 0 Å². The standard InChI is InChI=1S/C13H18BrFN2S/c1-7(2)8(3)17(4)10-6-5-9(13(16)18)11(14)12(10)15/h5-8H,1-4H3,(H2,16,18). The van der Waals surface area contributed by atoms with Gasteiger partial charge in [-0.05, 0) is 40.9 Å². The van der Waals surface area contributed by atoms with Crippen molar-refractivity contribution in [3.8, 4) is 0 Å². The van der Waals surface area contributed by atoms with Crippen LogP contribution in [0.3, 0.4) is 0 Å². The Bertz CT molecular complexity index is 463. The minimum absolute atomic E-state index is 0.187. The largest absolute Gasteiger partial charge is 0.389 e. The maximum atomic E-state index is 14.3. The van der Waals surface area contributed by atoms with Crippen LogP contribution in [-0.2, 0) is 0 Å². The molecule has 18 heavy (non-hydrogen) atoms. The number of rotatable bonds is 4. The molecular formula is C13H18BrFN2S. The average molecular weight is 333 g/mol. The maximum Gasteiger partial charge on any atom is 0.161 e. The van der Waals surface area contributed by atoms with E-state index in [0.29, 0.717) is 21.6 Å². The van der Waals surface area contributed by atoms with Crippen LogP contribution < -0.4 is 10.6 Å². The summed E-state index contributed by atoms with van der Waals surface area (Å²) in [6.07, 6.45) is 0. The minimum Gasteiger partial charge on any atom is -0.389 e. The second-order valence-electron chi connectivity index (χ2n) is 4.72. The van der Waals surface area contributed by atoms with Crippen LogP contribution in [0.4, 0.5) is 10.1 Å². The molecule has 2 N–H and O–H groups in total. The highest BCUT2D eigenvalue weighted by Gasteiger charge is 2.20. The minimum atomic E-state index is -0.324. The molecule has 0 aliphatic carbocycles. The Hall–Kier alpha value is -0.680. The van der Waals surface area contributed by atoms with Crippen molar-refractivity contribution in [1.29, 1.82) is 0 Å². The van der Waals surface area contributed by atoms with Crippen LogP contribution in [0.5, 0.6) is 0 Å². The summed E-state index contributed by atoms with van der Waals surface area (Å²) >= 11 is 8.10. The van der Waals surface area contributed by atoms with Gasteiger partial charge in [0, 0.05) is 18.7 Å². The van der Waals surface area contributed by atoms with Crippen molar-refractivity contribution in [3.05, 3.63) is 28.0 Å². The van der Waals surface area contributed by atoms with Crippen LogP contribution in [0.2, 0.25) is 0 Å². The summed E-state index contributed by atoms with van der Waals surface area (Å²) in [4.78, 5) is 2.11. The molecule has 100 valence electrons. The van der Waals surface area contributed by atoms with Crippen LogP contribution in [0, 0.1) is 11.7 Å². The van der Waals surface area contributed by atoms with Gasteiger partial charge in [0.15, 0.2) is 5.82 Å². The number of thiocarbonyl (C=S) groups is 1. The van der Waals surface area contributed by atoms with E-state index in [1.807, 2.05) is 11.9 Å². The van der Waals surface area contributed by atoms with Gasteiger partial charge in [-0.3, -0.25) is 0 Å². The zero-order chi connectivity index (χ0) is 14.0. The number of halogens is 2. The third kappa shape index (κ3) is 3.01. The molecule has 0 fully saturated rings. The van der Waals surface area contributed by atoms with Crippen LogP contribution >= 0.6 is 28.1 Å². The Labute approximate surface area is 121 Å². The summed E-state index contributed by atoms with van der Waals surface area (Å²) in [5.74, 6) is 0.110.